The molecule has 16 rings (SSSR count). The standard InChI is InChI=1S/C61H35N3O2/c1-2-11-36(12-3-1)37-15-10-16-42(31-37)61-62-57(41-23-27-54-49(33-41)44-17-6-8-19-52(44)65-54)50-30-35-21-24-43-40(29-35)22-25-45-48-32-38-13-4-5-14-39(38)34-51(48)64(59(43)45)60-47(58(50)63-61)26-28-55-56(60)46-18-7-9-20-53(46)66-55/h1-29,31-34H,30H2. The van der Waals surface area contributed by atoms with E-state index in [-0.39, 0.29) is 0 Å². The van der Waals surface area contributed by atoms with E-state index in [1.54, 1.807) is 0 Å². The first kappa shape index (κ1) is 35.6. The van der Waals surface area contributed by atoms with Gasteiger partial charge in [-0.2, -0.15) is 0 Å². The van der Waals surface area contributed by atoms with Gasteiger partial charge in [0, 0.05) is 61.0 Å². The van der Waals surface area contributed by atoms with Crippen molar-refractivity contribution in [3.63, 3.8) is 0 Å². The van der Waals surface area contributed by atoms with Crippen molar-refractivity contribution in [2.45, 2.75) is 6.42 Å². The fraction of sp³-hybridized carbons (Fsp3) is 0.0164. The number of aromatic nitrogens is 3. The van der Waals surface area contributed by atoms with Crippen LogP contribution in [0.15, 0.2) is 209 Å². The average Bonchev–Trinajstić information content (AvgIpc) is 4.04. The number of furan rings is 2. The van der Waals surface area contributed by atoms with Crippen LogP contribution in [0.5, 0.6) is 0 Å². The Hall–Kier alpha value is -8.80. The Morgan fingerprint density at radius 2 is 1.09 bits per heavy atom. The molecule has 66 heavy (non-hydrogen) atoms. The number of hydrogen-bond acceptors (Lipinski definition) is 4. The van der Waals surface area contributed by atoms with Gasteiger partial charge in [-0.15, -0.1) is 0 Å². The van der Waals surface area contributed by atoms with Gasteiger partial charge in [0.15, 0.2) is 5.82 Å². The summed E-state index contributed by atoms with van der Waals surface area (Å²) in [5.41, 5.74) is 15.9. The molecule has 0 aliphatic carbocycles. The molecule has 0 fully saturated rings. The molecule has 0 saturated carbocycles. The summed E-state index contributed by atoms with van der Waals surface area (Å²) in [6.07, 6.45) is 0.608. The SMILES string of the molecule is c1ccc(-c2cccc(-c3nc(-c4ccc5oc6ccccc6c5c4)c4c(n3)-c3ccc5oc6ccccc6c5c3-n3c5cc6ccccc6cc5c5ccc6cc(ccc6c53)C4)c2)cc1. The smallest absolute Gasteiger partial charge is 0.160 e. The fourth-order valence-corrected chi connectivity index (χ4v) is 10.9. The minimum absolute atomic E-state index is 0.608. The number of fused-ring (bicyclic) bond motifs is 10. The van der Waals surface area contributed by atoms with Gasteiger partial charge in [-0.1, -0.05) is 140 Å². The van der Waals surface area contributed by atoms with Crippen LogP contribution in [-0.4, -0.2) is 14.5 Å². The maximum atomic E-state index is 6.76. The van der Waals surface area contributed by atoms with Crippen LogP contribution >= 0.6 is 0 Å². The summed E-state index contributed by atoms with van der Waals surface area (Å²) in [5, 5.41) is 11.4. The van der Waals surface area contributed by atoms with Gasteiger partial charge in [-0.05, 0) is 93.5 Å². The molecule has 2 aliphatic rings. The second-order valence-corrected chi connectivity index (χ2v) is 17.7. The van der Waals surface area contributed by atoms with Gasteiger partial charge >= 0.3 is 0 Å². The molecule has 5 heteroatoms. The molecule has 6 heterocycles. The summed E-state index contributed by atoms with van der Waals surface area (Å²) >= 11 is 0. The molecule has 10 aromatic carbocycles. The van der Waals surface area contributed by atoms with Gasteiger partial charge in [0.1, 0.15) is 22.3 Å². The molecule has 0 saturated heterocycles. The zero-order valence-electron chi connectivity index (χ0n) is 35.4. The predicted octanol–water partition coefficient (Wildman–Crippen LogP) is 16.3. The van der Waals surface area contributed by atoms with Gasteiger partial charge in [0.25, 0.3) is 0 Å². The van der Waals surface area contributed by atoms with E-state index in [2.05, 4.69) is 193 Å². The number of benzene rings is 10. The van der Waals surface area contributed by atoms with Crippen molar-refractivity contribution in [2.75, 3.05) is 0 Å². The fourth-order valence-electron chi connectivity index (χ4n) is 10.9. The van der Waals surface area contributed by atoms with Crippen molar-refractivity contribution in [2.24, 2.45) is 0 Å². The molecule has 5 nitrogen and oxygen atoms in total. The maximum absolute atomic E-state index is 6.76. The minimum Gasteiger partial charge on any atom is -0.456 e. The highest BCUT2D eigenvalue weighted by atomic mass is 16.3. The van der Waals surface area contributed by atoms with Crippen LogP contribution in [0.1, 0.15) is 11.1 Å². The zero-order chi connectivity index (χ0) is 43.0. The maximum Gasteiger partial charge on any atom is 0.160 e. The second-order valence-electron chi connectivity index (χ2n) is 17.7. The van der Waals surface area contributed by atoms with E-state index in [0.717, 1.165) is 105 Å². The molecule has 14 aromatic rings. The third-order valence-electron chi connectivity index (χ3n) is 13.9. The molecule has 0 amide bonds. The summed E-state index contributed by atoms with van der Waals surface area (Å²) in [7, 11) is 0. The van der Waals surface area contributed by atoms with E-state index in [4.69, 9.17) is 18.8 Å². The van der Waals surface area contributed by atoms with Crippen molar-refractivity contribution < 1.29 is 8.83 Å². The lowest BCUT2D eigenvalue weighted by Crippen LogP contribution is -2.06. The molecular formula is C61H35N3O2. The number of rotatable bonds is 3. The predicted molar refractivity (Wildman–Crippen MR) is 270 cm³/mol. The first-order valence-electron chi connectivity index (χ1n) is 22.5. The van der Waals surface area contributed by atoms with Crippen LogP contribution in [0.2, 0.25) is 0 Å². The van der Waals surface area contributed by atoms with Crippen LogP contribution in [0.3, 0.4) is 0 Å². The molecule has 0 radical (unpaired) electrons. The molecular weight excluding hydrogens is 807 g/mol. The lowest BCUT2D eigenvalue weighted by Gasteiger charge is -2.20. The summed E-state index contributed by atoms with van der Waals surface area (Å²) in [4.78, 5) is 11.5. The average molecular weight is 842 g/mol. The summed E-state index contributed by atoms with van der Waals surface area (Å²) in [6, 6.07) is 71.8. The van der Waals surface area contributed by atoms with Gasteiger partial charge in [-0.25, -0.2) is 9.97 Å². The van der Waals surface area contributed by atoms with Gasteiger partial charge in [0.05, 0.1) is 33.5 Å². The summed E-state index contributed by atoms with van der Waals surface area (Å²) in [6.45, 7) is 0. The second kappa shape index (κ2) is 13.4. The van der Waals surface area contributed by atoms with Crippen LogP contribution < -0.4 is 0 Å². The number of hydrogen-bond donors (Lipinski definition) is 0. The van der Waals surface area contributed by atoms with Crippen molar-refractivity contribution in [3.05, 3.63) is 211 Å². The van der Waals surface area contributed by atoms with Crippen LogP contribution in [0.4, 0.5) is 0 Å². The Labute approximate surface area is 377 Å². The lowest BCUT2D eigenvalue weighted by atomic mass is 9.91. The molecule has 2 aliphatic heterocycles. The Morgan fingerprint density at radius 3 is 1.98 bits per heavy atom. The van der Waals surface area contributed by atoms with Crippen molar-refractivity contribution in [3.8, 4) is 50.7 Å². The highest BCUT2D eigenvalue weighted by Gasteiger charge is 2.28. The van der Waals surface area contributed by atoms with Gasteiger partial charge < -0.3 is 13.4 Å². The normalized spacial score (nSPS) is 12.5. The zero-order valence-corrected chi connectivity index (χ0v) is 35.4. The molecule has 4 aromatic heterocycles. The number of nitrogens with zero attached hydrogens (tertiary/aromatic N) is 3. The third-order valence-corrected chi connectivity index (χ3v) is 13.9. The Morgan fingerprint density at radius 1 is 0.394 bits per heavy atom. The topological polar surface area (TPSA) is 57.0 Å². The Balaban J connectivity index is 1.14. The van der Waals surface area contributed by atoms with Gasteiger partial charge in [0.2, 0.25) is 0 Å². The first-order chi connectivity index (χ1) is 32.7. The van der Waals surface area contributed by atoms with E-state index >= 15 is 0 Å². The Bertz CT molecular complexity index is 4380. The highest BCUT2D eigenvalue weighted by Crippen LogP contribution is 2.48. The van der Waals surface area contributed by atoms with E-state index < -0.39 is 0 Å². The quantitative estimate of drug-likeness (QED) is 0.178. The minimum atomic E-state index is 0.608. The van der Waals surface area contributed by atoms with Crippen LogP contribution in [-0.2, 0) is 6.42 Å². The van der Waals surface area contributed by atoms with Crippen molar-refractivity contribution in [1.82, 2.24) is 14.5 Å². The van der Waals surface area contributed by atoms with Crippen molar-refractivity contribution in [1.29, 1.82) is 0 Å². The molecule has 0 N–H and O–H groups in total. The molecule has 4 bridgehead atoms. The largest absolute Gasteiger partial charge is 0.456 e. The van der Waals surface area contributed by atoms with E-state index in [1.165, 1.54) is 37.9 Å². The van der Waals surface area contributed by atoms with Crippen LogP contribution in [0, 0.1) is 0 Å². The summed E-state index contributed by atoms with van der Waals surface area (Å²) < 4.78 is 15.7. The number of para-hydroxylation sites is 2. The van der Waals surface area contributed by atoms with E-state index in [9.17, 15) is 0 Å². The van der Waals surface area contributed by atoms with E-state index in [0.29, 0.717) is 12.2 Å². The summed E-state index contributed by atoms with van der Waals surface area (Å²) in [5.74, 6) is 0.655. The third kappa shape index (κ3) is 5.11. The molecule has 0 atom stereocenters. The van der Waals surface area contributed by atoms with Crippen LogP contribution in [0.25, 0.3) is 138 Å². The van der Waals surface area contributed by atoms with Crippen molar-refractivity contribution >= 4 is 87.2 Å². The van der Waals surface area contributed by atoms with E-state index in [1.807, 2.05) is 12.1 Å². The lowest BCUT2D eigenvalue weighted by molar-refractivity contribution is 0.668. The first-order valence-corrected chi connectivity index (χ1v) is 22.5. The highest BCUT2D eigenvalue weighted by molar-refractivity contribution is 6.23. The molecule has 306 valence electrons. The molecule has 0 unspecified atom stereocenters. The monoisotopic (exact) mass is 841 g/mol. The Kier molecular flexibility index (Phi) is 7.22. The van der Waals surface area contributed by atoms with Gasteiger partial charge in [-0.3, -0.25) is 0 Å². The molecule has 0 spiro atoms.